The van der Waals surface area contributed by atoms with Crippen LogP contribution in [0, 0.1) is 5.41 Å². The first-order valence-electron chi connectivity index (χ1n) is 10.1. The Hall–Kier alpha value is -2.09. The largest absolute Gasteiger partial charge is 0.493 e. The molecule has 0 saturated carbocycles. The lowest BCUT2D eigenvalue weighted by molar-refractivity contribution is -0.148. The summed E-state index contributed by atoms with van der Waals surface area (Å²) in [7, 11) is 1.56. The molecule has 2 heterocycles. The van der Waals surface area contributed by atoms with Crippen molar-refractivity contribution in [2.45, 2.75) is 55.9 Å². The predicted molar refractivity (Wildman–Crippen MR) is 108 cm³/mol. The Balaban J connectivity index is 1.81. The molecule has 8 heteroatoms. The molecule has 1 spiro atoms. The van der Waals surface area contributed by atoms with Crippen molar-refractivity contribution in [3.63, 3.8) is 0 Å². The molecule has 0 amide bonds. The minimum atomic E-state index is -1.26. The third kappa shape index (κ3) is 2.18. The number of aliphatic hydroxyl groups excluding tert-OH is 1. The van der Waals surface area contributed by atoms with Gasteiger partial charge in [0, 0.05) is 11.6 Å². The third-order valence-corrected chi connectivity index (χ3v) is 7.39. The quantitative estimate of drug-likeness (QED) is 0.550. The molecule has 2 N–H and O–H groups in total. The van der Waals surface area contributed by atoms with Crippen molar-refractivity contribution in [1.82, 2.24) is 5.32 Å². The molecule has 1 aromatic carbocycles. The molecule has 2 bridgehead atoms. The summed E-state index contributed by atoms with van der Waals surface area (Å²) in [6, 6.07) is 3.62. The van der Waals surface area contributed by atoms with Gasteiger partial charge in [-0.3, -0.25) is 4.79 Å². The third-order valence-electron chi connectivity index (χ3n) is 7.30. The number of Topliss-reactive ketones (excluding diaryl/α,β-unsaturated/α-hetero) is 1. The Morgan fingerprint density at radius 3 is 2.83 bits per heavy atom. The van der Waals surface area contributed by atoms with Gasteiger partial charge in [0.1, 0.15) is 18.0 Å². The Morgan fingerprint density at radius 2 is 2.17 bits per heavy atom. The molecule has 6 atom stereocenters. The van der Waals surface area contributed by atoms with Crippen molar-refractivity contribution in [2.75, 3.05) is 13.7 Å². The van der Waals surface area contributed by atoms with Gasteiger partial charge in [-0.15, -0.1) is 0 Å². The smallest absolute Gasteiger partial charge is 0.337 e. The van der Waals surface area contributed by atoms with Gasteiger partial charge in [-0.25, -0.2) is 4.79 Å². The first-order chi connectivity index (χ1) is 14.3. The van der Waals surface area contributed by atoms with Crippen molar-refractivity contribution in [1.29, 1.82) is 0 Å². The number of nitrogens with one attached hydrogen (secondary N) is 1. The van der Waals surface area contributed by atoms with E-state index in [1.807, 2.05) is 12.1 Å². The standard InChI is InChI=1S/C22H24ClNO6/c1-10(25)22-9-13(20(27)29-11(2)23)17(26)19-21(22)6-7-24-15(22)8-12-4-5-14(28-3)18(30-19)16(12)21/h4-5,9,11,15,17,19,24,26H,6-8H2,1-3H3/t11?,15-,17?,19?,21-,22?/m1/s1. The van der Waals surface area contributed by atoms with Crippen LogP contribution < -0.4 is 14.8 Å². The zero-order valence-electron chi connectivity index (χ0n) is 17.0. The lowest BCUT2D eigenvalue weighted by atomic mass is 9.43. The highest BCUT2D eigenvalue weighted by molar-refractivity contribution is 6.20. The van der Waals surface area contributed by atoms with Crippen LogP contribution in [0.3, 0.4) is 0 Å². The van der Waals surface area contributed by atoms with Gasteiger partial charge in [-0.05, 0) is 44.9 Å². The number of benzene rings is 1. The van der Waals surface area contributed by atoms with Gasteiger partial charge < -0.3 is 24.6 Å². The summed E-state index contributed by atoms with van der Waals surface area (Å²) < 4.78 is 17.0. The summed E-state index contributed by atoms with van der Waals surface area (Å²) in [4.78, 5) is 26.2. The van der Waals surface area contributed by atoms with Gasteiger partial charge in [0.25, 0.3) is 0 Å². The van der Waals surface area contributed by atoms with E-state index >= 15 is 0 Å². The van der Waals surface area contributed by atoms with Crippen LogP contribution in [0.5, 0.6) is 11.5 Å². The Morgan fingerprint density at radius 1 is 1.40 bits per heavy atom. The number of alkyl halides is 1. The number of halogens is 1. The lowest BCUT2D eigenvalue weighted by Gasteiger charge is -2.61. The van der Waals surface area contributed by atoms with E-state index in [-0.39, 0.29) is 17.4 Å². The van der Waals surface area contributed by atoms with Crippen LogP contribution in [0.1, 0.15) is 31.4 Å². The van der Waals surface area contributed by atoms with E-state index in [4.69, 9.17) is 25.8 Å². The van der Waals surface area contributed by atoms with Gasteiger partial charge in [0.2, 0.25) is 0 Å². The molecule has 5 rings (SSSR count). The number of carbonyl (C=O) groups excluding carboxylic acids is 2. The number of ether oxygens (including phenoxy) is 3. The van der Waals surface area contributed by atoms with Crippen molar-refractivity contribution >= 4 is 23.4 Å². The van der Waals surface area contributed by atoms with Crippen LogP contribution >= 0.6 is 11.6 Å². The number of esters is 1. The summed E-state index contributed by atoms with van der Waals surface area (Å²) in [6.07, 6.45) is 0.750. The first kappa shape index (κ1) is 19.8. The minimum absolute atomic E-state index is 0.0160. The second kappa shape index (κ2) is 6.45. The van der Waals surface area contributed by atoms with Crippen molar-refractivity contribution < 1.29 is 28.9 Å². The summed E-state index contributed by atoms with van der Waals surface area (Å²) >= 11 is 5.86. The maximum Gasteiger partial charge on any atom is 0.337 e. The zero-order chi connectivity index (χ0) is 21.4. The highest BCUT2D eigenvalue weighted by Crippen LogP contribution is 2.67. The van der Waals surface area contributed by atoms with Gasteiger partial charge >= 0.3 is 5.97 Å². The summed E-state index contributed by atoms with van der Waals surface area (Å²) in [6.45, 7) is 3.74. The molecule has 7 nitrogen and oxygen atoms in total. The fourth-order valence-corrected chi connectivity index (χ4v) is 6.39. The number of carbonyl (C=O) groups is 2. The number of methoxy groups -OCH3 is 1. The minimum Gasteiger partial charge on any atom is -0.493 e. The summed E-state index contributed by atoms with van der Waals surface area (Å²) in [5.41, 5.74) is -0.697. The Bertz CT molecular complexity index is 990. The van der Waals surface area contributed by atoms with E-state index in [9.17, 15) is 14.7 Å². The molecule has 1 fully saturated rings. The highest BCUT2D eigenvalue weighted by Gasteiger charge is 2.74. The molecule has 2 aliphatic heterocycles. The van der Waals surface area contributed by atoms with Crippen LogP contribution in [0.4, 0.5) is 0 Å². The van der Waals surface area contributed by atoms with Crippen LogP contribution in [-0.4, -0.2) is 54.3 Å². The maximum atomic E-state index is 13.4. The van der Waals surface area contributed by atoms with E-state index < -0.39 is 34.6 Å². The van der Waals surface area contributed by atoms with E-state index in [2.05, 4.69) is 5.32 Å². The molecular weight excluding hydrogens is 410 g/mol. The van der Waals surface area contributed by atoms with E-state index in [1.165, 1.54) is 6.92 Å². The Kier molecular flexibility index (Phi) is 4.27. The van der Waals surface area contributed by atoms with Crippen molar-refractivity contribution in [2.24, 2.45) is 5.41 Å². The first-order valence-corrected chi connectivity index (χ1v) is 10.6. The fourth-order valence-electron chi connectivity index (χ4n) is 6.31. The average molecular weight is 434 g/mol. The zero-order valence-corrected chi connectivity index (χ0v) is 17.8. The van der Waals surface area contributed by atoms with Crippen molar-refractivity contribution in [3.8, 4) is 11.5 Å². The number of ketones is 1. The molecule has 1 aromatic rings. The number of piperidine rings is 1. The van der Waals surface area contributed by atoms with Crippen LogP contribution in [-0.2, 0) is 26.2 Å². The molecular formula is C22H24ClNO6. The molecule has 30 heavy (non-hydrogen) atoms. The molecule has 4 unspecified atom stereocenters. The second-order valence-electron chi connectivity index (χ2n) is 8.52. The predicted octanol–water partition coefficient (Wildman–Crippen LogP) is 1.62. The second-order valence-corrected chi connectivity index (χ2v) is 9.13. The van der Waals surface area contributed by atoms with Crippen LogP contribution in [0.2, 0.25) is 0 Å². The molecule has 0 radical (unpaired) electrons. The SMILES string of the molecule is COc1ccc2c3c1OC1C(O)C(C(=O)OC(C)Cl)=CC4(C(C)=O)[C@@H](C2)NCC[C@@]314. The van der Waals surface area contributed by atoms with Crippen LogP contribution in [0.25, 0.3) is 0 Å². The summed E-state index contributed by atoms with van der Waals surface area (Å²) in [5.74, 6) is 0.290. The highest BCUT2D eigenvalue weighted by atomic mass is 35.5. The molecule has 0 aromatic heterocycles. The van der Waals surface area contributed by atoms with Gasteiger partial charge in [-0.2, -0.15) is 0 Å². The topological polar surface area (TPSA) is 94.1 Å². The van der Waals surface area contributed by atoms with Crippen LogP contribution in [0.15, 0.2) is 23.8 Å². The molecule has 4 aliphatic rings. The Labute approximate surface area is 179 Å². The van der Waals surface area contributed by atoms with Gasteiger partial charge in [0.15, 0.2) is 17.1 Å². The number of hydrogen-bond acceptors (Lipinski definition) is 7. The normalized spacial score (nSPS) is 36.2. The number of aliphatic hydroxyl groups is 1. The number of hydrogen-bond donors (Lipinski definition) is 2. The summed E-state index contributed by atoms with van der Waals surface area (Å²) in [5, 5.41) is 14.8. The monoisotopic (exact) mass is 433 g/mol. The number of rotatable bonds is 4. The lowest BCUT2D eigenvalue weighted by Crippen LogP contribution is -2.74. The van der Waals surface area contributed by atoms with Crippen molar-refractivity contribution in [3.05, 3.63) is 34.9 Å². The van der Waals surface area contributed by atoms with E-state index in [0.717, 1.165) is 11.1 Å². The maximum absolute atomic E-state index is 13.4. The average Bonchev–Trinajstić information content (AvgIpc) is 3.03. The molecule has 1 saturated heterocycles. The molecule has 2 aliphatic carbocycles. The molecule has 160 valence electrons. The van der Waals surface area contributed by atoms with E-state index in [1.54, 1.807) is 20.1 Å². The fraction of sp³-hybridized carbons (Fsp3) is 0.545. The van der Waals surface area contributed by atoms with Gasteiger partial charge in [-0.1, -0.05) is 23.7 Å². The van der Waals surface area contributed by atoms with Gasteiger partial charge in [0.05, 0.1) is 23.5 Å². The van der Waals surface area contributed by atoms with E-state index in [0.29, 0.717) is 30.9 Å².